The number of nitrogens with two attached hydrogens (primary N) is 1. The summed E-state index contributed by atoms with van der Waals surface area (Å²) in [5, 5.41) is 20.4. The van der Waals surface area contributed by atoms with Gasteiger partial charge in [0.25, 0.3) is 0 Å². The van der Waals surface area contributed by atoms with Crippen molar-refractivity contribution in [3.05, 3.63) is 45.3 Å². The van der Waals surface area contributed by atoms with E-state index in [1.165, 1.54) is 13.3 Å². The van der Waals surface area contributed by atoms with Gasteiger partial charge in [0.15, 0.2) is 11.6 Å². The van der Waals surface area contributed by atoms with Gasteiger partial charge in [0.1, 0.15) is 17.1 Å². The molecule has 204 valence electrons. The molecule has 2 aromatic rings. The Bertz CT molecular complexity index is 1400. The lowest BCUT2D eigenvalue weighted by Crippen LogP contribution is -2.42. The lowest BCUT2D eigenvalue weighted by molar-refractivity contribution is -0.139. The van der Waals surface area contributed by atoms with Crippen molar-refractivity contribution in [1.82, 2.24) is 9.88 Å². The Balaban J connectivity index is 1.69. The zero-order chi connectivity index (χ0) is 27.7. The molecule has 1 atom stereocenters. The van der Waals surface area contributed by atoms with Crippen LogP contribution in [-0.4, -0.2) is 65.4 Å². The molecule has 1 unspecified atom stereocenters. The molecule has 1 aliphatic carbocycles. The smallest absolute Gasteiger partial charge is 0.341 e. The van der Waals surface area contributed by atoms with E-state index in [-0.39, 0.29) is 34.9 Å². The summed E-state index contributed by atoms with van der Waals surface area (Å²) in [6.45, 7) is -0.166. The van der Waals surface area contributed by atoms with Gasteiger partial charge in [-0.1, -0.05) is 0 Å². The van der Waals surface area contributed by atoms with Crippen LogP contribution in [0.3, 0.4) is 0 Å². The topological polar surface area (TPSA) is 164 Å². The summed E-state index contributed by atoms with van der Waals surface area (Å²) in [7, 11) is 1.32. The molecule has 13 heteroatoms. The second kappa shape index (κ2) is 10.8. The van der Waals surface area contributed by atoms with E-state index in [0.29, 0.717) is 25.0 Å². The van der Waals surface area contributed by atoms with E-state index >= 15 is 8.78 Å². The number of anilines is 1. The minimum atomic E-state index is -1.41. The van der Waals surface area contributed by atoms with Crippen molar-refractivity contribution < 1.29 is 38.1 Å². The molecule has 2 heterocycles. The van der Waals surface area contributed by atoms with E-state index in [0.717, 1.165) is 18.9 Å². The van der Waals surface area contributed by atoms with E-state index in [9.17, 15) is 24.3 Å². The number of carboxylic acids is 2. The van der Waals surface area contributed by atoms with Crippen LogP contribution in [0.4, 0.5) is 14.5 Å². The van der Waals surface area contributed by atoms with E-state index < -0.39 is 59.5 Å². The maximum atomic E-state index is 15.5. The van der Waals surface area contributed by atoms with Gasteiger partial charge < -0.3 is 35.5 Å². The van der Waals surface area contributed by atoms with Crippen LogP contribution in [0, 0.1) is 5.82 Å². The first kappa shape index (κ1) is 27.0. The van der Waals surface area contributed by atoms with Crippen LogP contribution < -0.4 is 26.1 Å². The van der Waals surface area contributed by atoms with Crippen LogP contribution in [0.15, 0.2) is 28.5 Å². The van der Waals surface area contributed by atoms with Crippen LogP contribution in [0.1, 0.15) is 48.5 Å². The summed E-state index contributed by atoms with van der Waals surface area (Å²) < 4.78 is 37.8. The molecule has 0 bridgehead atoms. The second-order valence-corrected chi connectivity index (χ2v) is 9.41. The van der Waals surface area contributed by atoms with Crippen molar-refractivity contribution in [1.29, 1.82) is 0 Å². The maximum absolute atomic E-state index is 15.5. The van der Waals surface area contributed by atoms with Crippen molar-refractivity contribution in [2.75, 3.05) is 31.6 Å². The predicted octanol–water partition coefficient (Wildman–Crippen LogP) is 1.92. The number of carboxylic acid groups (broad SMARTS) is 2. The first-order valence-electron chi connectivity index (χ1n) is 12.1. The molecule has 1 aromatic carbocycles. The number of fused-ring (bicyclic) bond motifs is 1. The van der Waals surface area contributed by atoms with Gasteiger partial charge in [-0.25, -0.2) is 13.6 Å². The first-order chi connectivity index (χ1) is 18.0. The number of aromatic nitrogens is 1. The quantitative estimate of drug-likeness (QED) is 0.376. The highest BCUT2D eigenvalue weighted by Crippen LogP contribution is 2.44. The minimum absolute atomic E-state index is 0.0226. The molecule has 1 saturated carbocycles. The zero-order valence-corrected chi connectivity index (χ0v) is 20.6. The number of hydrogen-bond donors (Lipinski definition) is 4. The summed E-state index contributed by atoms with van der Waals surface area (Å²) in [6, 6.07) is -0.386. The summed E-state index contributed by atoms with van der Waals surface area (Å²) in [5.41, 5.74) is 4.82. The van der Waals surface area contributed by atoms with Crippen molar-refractivity contribution in [3.8, 4) is 5.75 Å². The number of carbonyl (C=O) groups excluding carboxylic acids is 1. The SMILES string of the molecule is COc1c(N2CCCC(=C(F)CNC(=O)C(N)CC(=O)O)C2)c(F)cc2c(=O)c(C(=O)O)cn(C3CC3)c12. The Morgan fingerprint density at radius 1 is 1.29 bits per heavy atom. The Morgan fingerprint density at radius 3 is 2.61 bits per heavy atom. The van der Waals surface area contributed by atoms with E-state index in [1.807, 2.05) is 0 Å². The normalized spacial score (nSPS) is 17.7. The van der Waals surface area contributed by atoms with Gasteiger partial charge in [-0.05, 0) is 37.3 Å². The molecule has 11 nitrogen and oxygen atoms in total. The Labute approximate surface area is 215 Å². The molecule has 1 aliphatic heterocycles. The summed E-state index contributed by atoms with van der Waals surface area (Å²) in [5.74, 6) is -4.89. The summed E-state index contributed by atoms with van der Waals surface area (Å²) in [4.78, 5) is 48.8. The number of benzene rings is 1. The van der Waals surface area contributed by atoms with E-state index in [1.54, 1.807) is 9.47 Å². The van der Waals surface area contributed by atoms with Crippen LogP contribution in [0.25, 0.3) is 10.9 Å². The van der Waals surface area contributed by atoms with Gasteiger partial charge in [-0.15, -0.1) is 0 Å². The number of aliphatic carboxylic acids is 1. The number of methoxy groups -OCH3 is 1. The fourth-order valence-electron chi connectivity index (χ4n) is 4.71. The molecule has 5 N–H and O–H groups in total. The lowest BCUT2D eigenvalue weighted by atomic mass is 10.0. The number of rotatable bonds is 9. The molecule has 0 spiro atoms. The van der Waals surface area contributed by atoms with Crippen molar-refractivity contribution in [3.63, 3.8) is 0 Å². The zero-order valence-electron chi connectivity index (χ0n) is 20.6. The molecular weight excluding hydrogens is 506 g/mol. The van der Waals surface area contributed by atoms with Crippen LogP contribution in [-0.2, 0) is 9.59 Å². The maximum Gasteiger partial charge on any atom is 0.341 e. The van der Waals surface area contributed by atoms with Crippen LogP contribution in [0.2, 0.25) is 0 Å². The molecule has 38 heavy (non-hydrogen) atoms. The highest BCUT2D eigenvalue weighted by atomic mass is 19.1. The fraction of sp³-hybridized carbons (Fsp3) is 0.440. The summed E-state index contributed by atoms with van der Waals surface area (Å²) >= 11 is 0. The molecule has 2 aliphatic rings. The van der Waals surface area contributed by atoms with Gasteiger partial charge >= 0.3 is 11.9 Å². The highest BCUT2D eigenvalue weighted by Gasteiger charge is 2.32. The molecule has 1 aromatic heterocycles. The standard InChI is InChI=1S/C25H28F2N4O7/c1-38-23-20-14(22(34)15(25(36)37)11-31(20)13-4-5-13)7-16(26)21(23)30-6-2-3-12(10-30)17(27)9-29-24(35)18(28)8-19(32)33/h7,11,13,18H,2-6,8-10,28H2,1H3,(H,29,35)(H,32,33)(H,36,37). The van der Waals surface area contributed by atoms with E-state index in [2.05, 4.69) is 5.32 Å². The first-order valence-corrected chi connectivity index (χ1v) is 12.1. The number of halogens is 2. The Morgan fingerprint density at radius 2 is 2.00 bits per heavy atom. The molecular formula is C25H28F2N4O7. The Kier molecular flexibility index (Phi) is 7.67. The van der Waals surface area contributed by atoms with Crippen molar-refractivity contribution >= 4 is 34.4 Å². The van der Waals surface area contributed by atoms with Crippen molar-refractivity contribution in [2.24, 2.45) is 5.73 Å². The number of aromatic carboxylic acids is 1. The minimum Gasteiger partial charge on any atom is -0.492 e. The third-order valence-electron chi connectivity index (χ3n) is 6.71. The fourth-order valence-corrected chi connectivity index (χ4v) is 4.71. The number of amides is 1. The molecule has 1 saturated heterocycles. The van der Waals surface area contributed by atoms with Gasteiger partial charge in [0.2, 0.25) is 11.3 Å². The number of pyridine rings is 1. The van der Waals surface area contributed by atoms with Crippen LogP contribution >= 0.6 is 0 Å². The van der Waals surface area contributed by atoms with Crippen molar-refractivity contribution in [2.45, 2.75) is 44.2 Å². The third kappa shape index (κ3) is 5.32. The largest absolute Gasteiger partial charge is 0.492 e. The number of nitrogens with one attached hydrogen (secondary N) is 1. The lowest BCUT2D eigenvalue weighted by Gasteiger charge is -2.33. The van der Waals surface area contributed by atoms with Crippen LogP contribution in [0.5, 0.6) is 5.75 Å². The van der Waals surface area contributed by atoms with Gasteiger partial charge in [0, 0.05) is 25.3 Å². The number of nitrogens with zero attached hydrogens (tertiary/aromatic N) is 2. The monoisotopic (exact) mass is 534 g/mol. The molecule has 4 rings (SSSR count). The van der Waals surface area contributed by atoms with Gasteiger partial charge in [-0.2, -0.15) is 0 Å². The third-order valence-corrected chi connectivity index (χ3v) is 6.71. The molecule has 0 radical (unpaired) electrons. The Hall–Kier alpha value is -4.00. The number of hydrogen-bond acceptors (Lipinski definition) is 7. The highest BCUT2D eigenvalue weighted by molar-refractivity contribution is 5.97. The van der Waals surface area contributed by atoms with Gasteiger partial charge in [-0.3, -0.25) is 14.4 Å². The number of ether oxygens (including phenoxy) is 1. The van der Waals surface area contributed by atoms with Gasteiger partial charge in [0.05, 0.1) is 37.0 Å². The average Bonchev–Trinajstić information content (AvgIpc) is 3.71. The summed E-state index contributed by atoms with van der Waals surface area (Å²) in [6.07, 6.45) is 2.99. The molecule has 1 amide bonds. The average molecular weight is 535 g/mol. The predicted molar refractivity (Wildman–Crippen MR) is 133 cm³/mol. The number of piperidine rings is 1. The molecule has 2 fully saturated rings. The number of carbonyl (C=O) groups is 3. The second-order valence-electron chi connectivity index (χ2n) is 9.41. The van der Waals surface area contributed by atoms with E-state index in [4.69, 9.17) is 15.6 Å².